The zero-order valence-electron chi connectivity index (χ0n) is 8.84. The number of rotatable bonds is 2. The monoisotopic (exact) mass is 203 g/mol. The van der Waals surface area contributed by atoms with Crippen molar-refractivity contribution in [1.29, 1.82) is 0 Å². The smallest absolute Gasteiger partial charge is 0.0698 e. The maximum atomic E-state index is 9.83. The van der Waals surface area contributed by atoms with Crippen LogP contribution in [0, 0.1) is 5.92 Å². The van der Waals surface area contributed by atoms with Crippen LogP contribution in [0.3, 0.4) is 0 Å². The maximum absolute atomic E-state index is 9.83. The van der Waals surface area contributed by atoms with E-state index in [9.17, 15) is 5.11 Å². The van der Waals surface area contributed by atoms with Gasteiger partial charge in [-0.25, -0.2) is 0 Å². The molecular formula is C13H17NO. The molecule has 1 aromatic carbocycles. The highest BCUT2D eigenvalue weighted by Crippen LogP contribution is 2.38. The number of nitrogens with zero attached hydrogens (tertiary/aromatic N) is 1. The van der Waals surface area contributed by atoms with Crippen molar-refractivity contribution >= 4 is 0 Å². The van der Waals surface area contributed by atoms with Crippen LogP contribution in [0.2, 0.25) is 0 Å². The van der Waals surface area contributed by atoms with Gasteiger partial charge in [0.2, 0.25) is 0 Å². The van der Waals surface area contributed by atoms with Crippen LogP contribution in [0.5, 0.6) is 0 Å². The predicted octanol–water partition coefficient (Wildman–Crippen LogP) is 1.64. The van der Waals surface area contributed by atoms with Crippen molar-refractivity contribution in [2.45, 2.75) is 31.5 Å². The Balaban J connectivity index is 1.70. The van der Waals surface area contributed by atoms with Gasteiger partial charge in [-0.1, -0.05) is 30.3 Å². The number of aliphatic hydroxyl groups is 1. The summed E-state index contributed by atoms with van der Waals surface area (Å²) in [5.41, 5.74) is 1.36. The molecule has 1 N–H and O–H groups in total. The van der Waals surface area contributed by atoms with Gasteiger partial charge in [0.1, 0.15) is 0 Å². The SMILES string of the molecule is O[C@H]1C[C@@H]2C[C@H]1N(Cc1ccccc1)C2. The summed E-state index contributed by atoms with van der Waals surface area (Å²) in [6, 6.07) is 11.0. The van der Waals surface area contributed by atoms with E-state index in [2.05, 4.69) is 35.2 Å². The first kappa shape index (κ1) is 9.37. The molecule has 80 valence electrons. The standard InChI is InChI=1S/C13H17NO/c15-13-7-11-6-12(13)14(9-11)8-10-4-2-1-3-5-10/h1-5,11-13,15H,6-9H2/t11-,12+,13-/m0/s1. The molecule has 1 saturated heterocycles. The van der Waals surface area contributed by atoms with Gasteiger partial charge in [0.15, 0.2) is 0 Å². The van der Waals surface area contributed by atoms with Crippen LogP contribution in [0.15, 0.2) is 30.3 Å². The summed E-state index contributed by atoms with van der Waals surface area (Å²) in [7, 11) is 0. The van der Waals surface area contributed by atoms with Gasteiger partial charge in [0.05, 0.1) is 6.10 Å². The highest BCUT2D eigenvalue weighted by atomic mass is 16.3. The van der Waals surface area contributed by atoms with Crippen molar-refractivity contribution < 1.29 is 5.11 Å². The number of piperidine rings is 1. The van der Waals surface area contributed by atoms with Crippen molar-refractivity contribution in [3.63, 3.8) is 0 Å². The van der Waals surface area contributed by atoms with Crippen LogP contribution in [0.1, 0.15) is 18.4 Å². The fourth-order valence-electron chi connectivity index (χ4n) is 3.10. The third-order valence-corrected chi connectivity index (χ3v) is 3.78. The third-order valence-electron chi connectivity index (χ3n) is 3.78. The predicted molar refractivity (Wildman–Crippen MR) is 59.4 cm³/mol. The molecule has 3 atom stereocenters. The van der Waals surface area contributed by atoms with E-state index in [0.717, 1.165) is 18.9 Å². The molecule has 1 aliphatic carbocycles. The average Bonchev–Trinajstić information content (AvgIpc) is 2.77. The van der Waals surface area contributed by atoms with Crippen LogP contribution in [-0.4, -0.2) is 28.7 Å². The first-order valence-corrected chi connectivity index (χ1v) is 5.79. The summed E-state index contributed by atoms with van der Waals surface area (Å²) in [4.78, 5) is 2.44. The Bertz CT molecular complexity index is 338. The summed E-state index contributed by atoms with van der Waals surface area (Å²) < 4.78 is 0. The Morgan fingerprint density at radius 1 is 1.20 bits per heavy atom. The van der Waals surface area contributed by atoms with Crippen molar-refractivity contribution in [2.75, 3.05) is 6.54 Å². The van der Waals surface area contributed by atoms with E-state index in [1.807, 2.05) is 0 Å². The topological polar surface area (TPSA) is 23.5 Å². The molecule has 0 unspecified atom stereocenters. The van der Waals surface area contributed by atoms with Crippen LogP contribution in [0.4, 0.5) is 0 Å². The van der Waals surface area contributed by atoms with Crippen molar-refractivity contribution in [3.8, 4) is 0 Å². The first-order chi connectivity index (χ1) is 7.33. The van der Waals surface area contributed by atoms with Gasteiger partial charge in [-0.05, 0) is 24.3 Å². The van der Waals surface area contributed by atoms with Gasteiger partial charge >= 0.3 is 0 Å². The normalized spacial score (nSPS) is 34.9. The number of hydrogen-bond acceptors (Lipinski definition) is 2. The van der Waals surface area contributed by atoms with Crippen LogP contribution < -0.4 is 0 Å². The highest BCUT2D eigenvalue weighted by Gasteiger charge is 2.43. The van der Waals surface area contributed by atoms with Gasteiger partial charge in [-0.15, -0.1) is 0 Å². The van der Waals surface area contributed by atoms with Gasteiger partial charge in [-0.2, -0.15) is 0 Å². The van der Waals surface area contributed by atoms with Crippen LogP contribution >= 0.6 is 0 Å². The quantitative estimate of drug-likeness (QED) is 0.790. The van der Waals surface area contributed by atoms with E-state index in [0.29, 0.717) is 6.04 Å². The molecule has 1 saturated carbocycles. The van der Waals surface area contributed by atoms with E-state index in [4.69, 9.17) is 0 Å². The molecule has 3 rings (SSSR count). The summed E-state index contributed by atoms with van der Waals surface area (Å²) in [5, 5.41) is 9.83. The second kappa shape index (κ2) is 3.62. The fraction of sp³-hybridized carbons (Fsp3) is 0.538. The summed E-state index contributed by atoms with van der Waals surface area (Å²) in [5.74, 6) is 0.744. The lowest BCUT2D eigenvalue weighted by atomic mass is 10.1. The van der Waals surface area contributed by atoms with E-state index in [-0.39, 0.29) is 6.10 Å². The van der Waals surface area contributed by atoms with Crippen molar-refractivity contribution in [1.82, 2.24) is 4.90 Å². The minimum absolute atomic E-state index is 0.0764. The molecule has 1 heterocycles. The Hall–Kier alpha value is -0.860. The molecule has 2 heteroatoms. The van der Waals surface area contributed by atoms with Crippen molar-refractivity contribution in [2.24, 2.45) is 5.92 Å². The Morgan fingerprint density at radius 2 is 2.00 bits per heavy atom. The first-order valence-electron chi connectivity index (χ1n) is 5.79. The summed E-state index contributed by atoms with van der Waals surface area (Å²) >= 11 is 0. The lowest BCUT2D eigenvalue weighted by molar-refractivity contribution is 0.0529. The third kappa shape index (κ3) is 1.68. The fourth-order valence-corrected chi connectivity index (χ4v) is 3.10. The molecule has 0 aromatic heterocycles. The number of fused-ring (bicyclic) bond motifs is 2. The second-order valence-corrected chi connectivity index (χ2v) is 4.89. The molecule has 0 spiro atoms. The minimum atomic E-state index is -0.0764. The van der Waals surface area contributed by atoms with E-state index >= 15 is 0 Å². The zero-order chi connectivity index (χ0) is 10.3. The molecule has 2 bridgehead atoms. The number of aliphatic hydroxyl groups excluding tert-OH is 1. The molecule has 1 aromatic rings. The van der Waals surface area contributed by atoms with Gasteiger partial charge in [-0.3, -0.25) is 4.90 Å². The van der Waals surface area contributed by atoms with Crippen LogP contribution in [0.25, 0.3) is 0 Å². The lowest BCUT2D eigenvalue weighted by Crippen LogP contribution is -2.40. The molecule has 0 amide bonds. The molecule has 15 heavy (non-hydrogen) atoms. The zero-order valence-corrected chi connectivity index (χ0v) is 8.84. The molecule has 1 aliphatic heterocycles. The van der Waals surface area contributed by atoms with E-state index < -0.39 is 0 Å². The minimum Gasteiger partial charge on any atom is -0.391 e. The van der Waals surface area contributed by atoms with Gasteiger partial charge in [0.25, 0.3) is 0 Å². The Kier molecular flexibility index (Phi) is 2.26. The Labute approximate surface area is 90.5 Å². The largest absolute Gasteiger partial charge is 0.391 e. The highest BCUT2D eigenvalue weighted by molar-refractivity contribution is 5.15. The Morgan fingerprint density at radius 3 is 2.67 bits per heavy atom. The second-order valence-electron chi connectivity index (χ2n) is 4.89. The molecule has 2 nitrogen and oxygen atoms in total. The van der Waals surface area contributed by atoms with E-state index in [1.54, 1.807) is 0 Å². The molecule has 2 fully saturated rings. The molecule has 2 aliphatic rings. The molecular weight excluding hydrogens is 186 g/mol. The molecule has 0 radical (unpaired) electrons. The summed E-state index contributed by atoms with van der Waals surface area (Å²) in [6.07, 6.45) is 2.15. The van der Waals surface area contributed by atoms with Crippen molar-refractivity contribution in [3.05, 3.63) is 35.9 Å². The maximum Gasteiger partial charge on any atom is 0.0698 e. The van der Waals surface area contributed by atoms with Crippen LogP contribution in [-0.2, 0) is 6.54 Å². The summed E-state index contributed by atoms with van der Waals surface area (Å²) in [6.45, 7) is 2.18. The van der Waals surface area contributed by atoms with Gasteiger partial charge in [0, 0.05) is 19.1 Å². The number of likely N-dealkylation sites (tertiary alicyclic amines) is 1. The average molecular weight is 203 g/mol. The van der Waals surface area contributed by atoms with E-state index in [1.165, 1.54) is 18.5 Å². The van der Waals surface area contributed by atoms with Gasteiger partial charge < -0.3 is 5.11 Å². The lowest BCUT2D eigenvalue weighted by Gasteiger charge is -2.30. The number of benzene rings is 1. The number of hydrogen-bond donors (Lipinski definition) is 1.